The van der Waals surface area contributed by atoms with E-state index in [4.69, 9.17) is 11.6 Å². The summed E-state index contributed by atoms with van der Waals surface area (Å²) in [7, 11) is 1.89. The van der Waals surface area contributed by atoms with E-state index in [0.717, 1.165) is 17.2 Å². The SMILES string of the molecule is Cn1cc(CNc2nc(Cl)cs2)cn1. The summed E-state index contributed by atoms with van der Waals surface area (Å²) < 4.78 is 1.77. The number of thiazole rings is 1. The Morgan fingerprint density at radius 3 is 3.07 bits per heavy atom. The molecule has 0 aliphatic rings. The van der Waals surface area contributed by atoms with Crippen molar-refractivity contribution in [2.75, 3.05) is 5.32 Å². The largest absolute Gasteiger partial charge is 0.357 e. The molecule has 1 N–H and O–H groups in total. The quantitative estimate of drug-likeness (QED) is 0.876. The molecular weight excluding hydrogens is 220 g/mol. The standard InChI is InChI=1S/C8H9ClN4S/c1-13-4-6(3-11-13)2-10-8-12-7(9)5-14-8/h3-5H,2H2,1H3,(H,10,12). The number of hydrogen-bond acceptors (Lipinski definition) is 4. The van der Waals surface area contributed by atoms with Gasteiger partial charge in [0, 0.05) is 30.7 Å². The topological polar surface area (TPSA) is 42.7 Å². The van der Waals surface area contributed by atoms with Crippen molar-refractivity contribution < 1.29 is 0 Å². The van der Waals surface area contributed by atoms with Crippen molar-refractivity contribution in [3.8, 4) is 0 Å². The summed E-state index contributed by atoms with van der Waals surface area (Å²) in [5.74, 6) is 0. The van der Waals surface area contributed by atoms with E-state index in [1.165, 1.54) is 11.3 Å². The van der Waals surface area contributed by atoms with Crippen molar-refractivity contribution in [1.82, 2.24) is 14.8 Å². The minimum absolute atomic E-state index is 0.531. The number of aromatic nitrogens is 3. The van der Waals surface area contributed by atoms with Crippen LogP contribution in [0.1, 0.15) is 5.56 Å². The molecule has 0 saturated heterocycles. The third-order valence-electron chi connectivity index (χ3n) is 1.68. The Morgan fingerprint density at radius 2 is 2.50 bits per heavy atom. The minimum atomic E-state index is 0.531. The Kier molecular flexibility index (Phi) is 2.69. The third kappa shape index (κ3) is 2.24. The second kappa shape index (κ2) is 3.98. The van der Waals surface area contributed by atoms with Crippen molar-refractivity contribution >= 4 is 28.1 Å². The first-order valence-electron chi connectivity index (χ1n) is 4.06. The summed E-state index contributed by atoms with van der Waals surface area (Å²) in [5.41, 5.74) is 1.12. The molecule has 0 saturated carbocycles. The van der Waals surface area contributed by atoms with Crippen LogP contribution in [0.15, 0.2) is 17.8 Å². The lowest BCUT2D eigenvalue weighted by molar-refractivity contribution is 0.767. The van der Waals surface area contributed by atoms with Crippen LogP contribution >= 0.6 is 22.9 Å². The lowest BCUT2D eigenvalue weighted by atomic mass is 10.4. The molecule has 0 aliphatic carbocycles. The van der Waals surface area contributed by atoms with E-state index >= 15 is 0 Å². The summed E-state index contributed by atoms with van der Waals surface area (Å²) in [6.45, 7) is 0.720. The van der Waals surface area contributed by atoms with Crippen LogP contribution in [-0.4, -0.2) is 14.8 Å². The molecule has 2 rings (SSSR count). The van der Waals surface area contributed by atoms with Gasteiger partial charge in [-0.3, -0.25) is 4.68 Å². The predicted octanol–water partition coefficient (Wildman–Crippen LogP) is 2.14. The molecule has 0 aromatic carbocycles. The molecule has 6 heteroatoms. The molecule has 0 fully saturated rings. The number of nitrogens with zero attached hydrogens (tertiary/aromatic N) is 3. The monoisotopic (exact) mass is 228 g/mol. The highest BCUT2D eigenvalue weighted by Crippen LogP contribution is 2.19. The van der Waals surface area contributed by atoms with E-state index in [1.54, 1.807) is 10.1 Å². The second-order valence-corrected chi connectivity index (χ2v) is 4.10. The van der Waals surface area contributed by atoms with Gasteiger partial charge in [-0.2, -0.15) is 5.10 Å². The van der Waals surface area contributed by atoms with Gasteiger partial charge in [0.15, 0.2) is 5.13 Å². The van der Waals surface area contributed by atoms with Crippen LogP contribution in [0.5, 0.6) is 0 Å². The van der Waals surface area contributed by atoms with Crippen LogP contribution in [0.2, 0.25) is 5.15 Å². The second-order valence-electron chi connectivity index (χ2n) is 2.85. The maximum absolute atomic E-state index is 5.69. The Labute approximate surface area is 90.5 Å². The molecule has 0 spiro atoms. The highest BCUT2D eigenvalue weighted by atomic mass is 35.5. The summed E-state index contributed by atoms with van der Waals surface area (Å²) in [6.07, 6.45) is 3.78. The van der Waals surface area contributed by atoms with E-state index in [1.807, 2.05) is 19.4 Å². The molecule has 0 radical (unpaired) electrons. The van der Waals surface area contributed by atoms with Gasteiger partial charge in [0.2, 0.25) is 0 Å². The maximum Gasteiger partial charge on any atom is 0.184 e. The number of rotatable bonds is 3. The summed E-state index contributed by atoms with van der Waals surface area (Å²) in [6, 6.07) is 0. The molecule has 2 heterocycles. The third-order valence-corrected chi connectivity index (χ3v) is 2.80. The average molecular weight is 229 g/mol. The summed E-state index contributed by atoms with van der Waals surface area (Å²) in [4.78, 5) is 4.08. The maximum atomic E-state index is 5.69. The first kappa shape index (κ1) is 9.48. The van der Waals surface area contributed by atoms with Crippen LogP contribution in [-0.2, 0) is 13.6 Å². The van der Waals surface area contributed by atoms with Gasteiger partial charge in [0.25, 0.3) is 0 Å². The molecule has 4 nitrogen and oxygen atoms in total. The lowest BCUT2D eigenvalue weighted by Gasteiger charge is -1.97. The van der Waals surface area contributed by atoms with Gasteiger partial charge in [-0.15, -0.1) is 11.3 Å². The van der Waals surface area contributed by atoms with Crippen LogP contribution in [0.3, 0.4) is 0 Å². The van der Waals surface area contributed by atoms with Gasteiger partial charge in [0.1, 0.15) is 5.15 Å². The highest BCUT2D eigenvalue weighted by Gasteiger charge is 2.00. The molecular formula is C8H9ClN4S. The Balaban J connectivity index is 1.94. The normalized spacial score (nSPS) is 10.4. The van der Waals surface area contributed by atoms with Crippen molar-refractivity contribution in [3.05, 3.63) is 28.5 Å². The van der Waals surface area contributed by atoms with Crippen LogP contribution in [0.25, 0.3) is 0 Å². The molecule has 0 aliphatic heterocycles. The van der Waals surface area contributed by atoms with E-state index in [-0.39, 0.29) is 0 Å². The number of anilines is 1. The van der Waals surface area contributed by atoms with E-state index in [0.29, 0.717) is 5.15 Å². The summed E-state index contributed by atoms with van der Waals surface area (Å²) >= 11 is 7.18. The Bertz CT molecular complexity index is 382. The molecule has 0 bridgehead atoms. The number of hydrogen-bond donors (Lipinski definition) is 1. The first-order chi connectivity index (χ1) is 6.74. The lowest BCUT2D eigenvalue weighted by Crippen LogP contribution is -1.97. The van der Waals surface area contributed by atoms with Gasteiger partial charge in [-0.05, 0) is 0 Å². The molecule has 2 aromatic rings. The zero-order valence-corrected chi connectivity index (χ0v) is 9.14. The minimum Gasteiger partial charge on any atom is -0.357 e. The van der Waals surface area contributed by atoms with Crippen LogP contribution < -0.4 is 5.32 Å². The Morgan fingerprint density at radius 1 is 1.64 bits per heavy atom. The van der Waals surface area contributed by atoms with E-state index < -0.39 is 0 Å². The smallest absolute Gasteiger partial charge is 0.184 e. The predicted molar refractivity (Wildman–Crippen MR) is 57.7 cm³/mol. The molecule has 0 atom stereocenters. The molecule has 14 heavy (non-hydrogen) atoms. The molecule has 74 valence electrons. The Hall–Kier alpha value is -1.07. The number of aryl methyl sites for hydroxylation is 1. The fourth-order valence-electron chi connectivity index (χ4n) is 1.08. The number of nitrogens with one attached hydrogen (secondary N) is 1. The molecule has 2 aromatic heterocycles. The van der Waals surface area contributed by atoms with Gasteiger partial charge in [-0.25, -0.2) is 4.98 Å². The highest BCUT2D eigenvalue weighted by molar-refractivity contribution is 7.14. The van der Waals surface area contributed by atoms with Crippen molar-refractivity contribution in [2.24, 2.45) is 7.05 Å². The van der Waals surface area contributed by atoms with E-state index in [2.05, 4.69) is 15.4 Å². The van der Waals surface area contributed by atoms with Gasteiger partial charge < -0.3 is 5.32 Å². The summed E-state index contributed by atoms with van der Waals surface area (Å²) in [5, 5.41) is 10.4. The van der Waals surface area contributed by atoms with Crippen molar-refractivity contribution in [3.63, 3.8) is 0 Å². The van der Waals surface area contributed by atoms with Crippen molar-refractivity contribution in [1.29, 1.82) is 0 Å². The zero-order chi connectivity index (χ0) is 9.97. The van der Waals surface area contributed by atoms with Crippen LogP contribution in [0.4, 0.5) is 5.13 Å². The first-order valence-corrected chi connectivity index (χ1v) is 5.32. The fraction of sp³-hybridized carbons (Fsp3) is 0.250. The van der Waals surface area contributed by atoms with E-state index in [9.17, 15) is 0 Å². The average Bonchev–Trinajstić information content (AvgIpc) is 2.72. The van der Waals surface area contributed by atoms with Crippen molar-refractivity contribution in [2.45, 2.75) is 6.54 Å². The number of halogens is 1. The van der Waals surface area contributed by atoms with Gasteiger partial charge >= 0.3 is 0 Å². The van der Waals surface area contributed by atoms with Gasteiger partial charge in [-0.1, -0.05) is 11.6 Å². The molecule has 0 amide bonds. The zero-order valence-electron chi connectivity index (χ0n) is 7.57. The molecule has 0 unspecified atom stereocenters. The fourth-order valence-corrected chi connectivity index (χ4v) is 1.91. The van der Waals surface area contributed by atoms with Crippen LogP contribution in [0, 0.1) is 0 Å². The van der Waals surface area contributed by atoms with Gasteiger partial charge in [0.05, 0.1) is 6.20 Å².